The summed E-state index contributed by atoms with van der Waals surface area (Å²) >= 11 is 11.8. The highest BCUT2D eigenvalue weighted by Crippen LogP contribution is 2.24. The van der Waals surface area contributed by atoms with Crippen LogP contribution in [-0.4, -0.2) is 31.6 Å². The number of hydrogen-bond acceptors (Lipinski definition) is 3. The molecule has 22 heavy (non-hydrogen) atoms. The molecule has 0 saturated carbocycles. The van der Waals surface area contributed by atoms with Gasteiger partial charge >= 0.3 is 0 Å². The van der Waals surface area contributed by atoms with E-state index in [1.54, 1.807) is 25.1 Å². The van der Waals surface area contributed by atoms with Gasteiger partial charge in [0.05, 0.1) is 0 Å². The lowest BCUT2D eigenvalue weighted by Gasteiger charge is -2.23. The first-order chi connectivity index (χ1) is 10.0. The summed E-state index contributed by atoms with van der Waals surface area (Å²) in [6.45, 7) is 4.41. The van der Waals surface area contributed by atoms with Crippen LogP contribution in [0.2, 0.25) is 10.0 Å². The molecule has 1 aliphatic heterocycles. The Kier molecular flexibility index (Phi) is 8.33. The summed E-state index contributed by atoms with van der Waals surface area (Å²) in [6.07, 6.45) is 1.72. The van der Waals surface area contributed by atoms with E-state index in [2.05, 4.69) is 10.6 Å². The van der Waals surface area contributed by atoms with Gasteiger partial charge in [-0.3, -0.25) is 4.79 Å². The van der Waals surface area contributed by atoms with Gasteiger partial charge in [-0.2, -0.15) is 0 Å². The van der Waals surface area contributed by atoms with Crippen LogP contribution in [0.4, 0.5) is 0 Å². The molecule has 0 aliphatic carbocycles. The molecule has 7 heteroatoms. The molecule has 2 N–H and O–H groups in total. The maximum atomic E-state index is 12.0. The van der Waals surface area contributed by atoms with Crippen LogP contribution < -0.4 is 15.4 Å². The zero-order valence-electron chi connectivity index (χ0n) is 12.4. The van der Waals surface area contributed by atoms with E-state index >= 15 is 0 Å². The molecule has 2 rings (SSSR count). The highest BCUT2D eigenvalue weighted by molar-refractivity contribution is 6.34. The van der Waals surface area contributed by atoms with Gasteiger partial charge < -0.3 is 15.4 Å². The fourth-order valence-electron chi connectivity index (χ4n) is 2.34. The predicted molar refractivity (Wildman–Crippen MR) is 92.4 cm³/mol. The summed E-state index contributed by atoms with van der Waals surface area (Å²) in [7, 11) is 0. The minimum absolute atomic E-state index is 0. The van der Waals surface area contributed by atoms with Crippen molar-refractivity contribution in [1.82, 2.24) is 10.6 Å². The maximum Gasteiger partial charge on any atom is 0.260 e. The van der Waals surface area contributed by atoms with E-state index in [0.717, 1.165) is 25.9 Å². The van der Waals surface area contributed by atoms with Gasteiger partial charge in [0, 0.05) is 16.6 Å². The average molecular weight is 368 g/mol. The highest BCUT2D eigenvalue weighted by atomic mass is 35.5. The van der Waals surface area contributed by atoms with Gasteiger partial charge in [0.1, 0.15) is 5.75 Å². The summed E-state index contributed by atoms with van der Waals surface area (Å²) in [4.78, 5) is 12.0. The Morgan fingerprint density at radius 3 is 2.68 bits per heavy atom. The van der Waals surface area contributed by atoms with Crippen molar-refractivity contribution in [2.75, 3.05) is 19.6 Å². The van der Waals surface area contributed by atoms with Gasteiger partial charge in [-0.1, -0.05) is 23.2 Å². The smallest absolute Gasteiger partial charge is 0.260 e. The fourth-order valence-corrected chi connectivity index (χ4v) is 2.85. The topological polar surface area (TPSA) is 50.4 Å². The van der Waals surface area contributed by atoms with Crippen molar-refractivity contribution in [3.05, 3.63) is 28.2 Å². The first-order valence-electron chi connectivity index (χ1n) is 7.16. The number of nitrogens with one attached hydrogen (secondary N) is 2. The Balaban J connectivity index is 0.00000242. The average Bonchev–Trinajstić information content (AvgIpc) is 2.44. The van der Waals surface area contributed by atoms with Crippen LogP contribution in [0, 0.1) is 5.92 Å². The number of carbonyl (C=O) groups is 1. The van der Waals surface area contributed by atoms with E-state index in [9.17, 15) is 4.79 Å². The van der Waals surface area contributed by atoms with Crippen LogP contribution in [-0.2, 0) is 4.79 Å². The van der Waals surface area contributed by atoms with Crippen LogP contribution in [0.3, 0.4) is 0 Å². The van der Waals surface area contributed by atoms with Crippen molar-refractivity contribution >= 4 is 41.5 Å². The largest absolute Gasteiger partial charge is 0.481 e. The van der Waals surface area contributed by atoms with Crippen molar-refractivity contribution in [2.45, 2.75) is 25.9 Å². The molecule has 4 nitrogen and oxygen atoms in total. The Morgan fingerprint density at radius 1 is 1.41 bits per heavy atom. The van der Waals surface area contributed by atoms with Crippen molar-refractivity contribution in [3.63, 3.8) is 0 Å². The van der Waals surface area contributed by atoms with Crippen LogP contribution in [0.25, 0.3) is 0 Å². The van der Waals surface area contributed by atoms with E-state index in [1.807, 2.05) is 0 Å². The first kappa shape index (κ1) is 19.4. The minimum Gasteiger partial charge on any atom is -0.481 e. The minimum atomic E-state index is -0.587. The Bertz CT molecular complexity index is 473. The van der Waals surface area contributed by atoms with Gasteiger partial charge in [0.15, 0.2) is 6.10 Å². The molecule has 1 saturated heterocycles. The van der Waals surface area contributed by atoms with Crippen molar-refractivity contribution < 1.29 is 9.53 Å². The number of carbonyl (C=O) groups excluding carboxylic acids is 1. The molecule has 1 aliphatic rings. The molecule has 0 radical (unpaired) electrons. The molecule has 124 valence electrons. The predicted octanol–water partition coefficient (Wildman–Crippen LogP) is 3.30. The van der Waals surface area contributed by atoms with E-state index in [4.69, 9.17) is 27.9 Å². The van der Waals surface area contributed by atoms with E-state index in [1.165, 1.54) is 0 Å². The van der Waals surface area contributed by atoms with E-state index in [0.29, 0.717) is 28.3 Å². The summed E-state index contributed by atoms with van der Waals surface area (Å²) in [6, 6.07) is 4.90. The van der Waals surface area contributed by atoms with Gasteiger partial charge in [-0.15, -0.1) is 12.4 Å². The maximum absolute atomic E-state index is 12.0. The number of rotatable bonds is 5. The summed E-state index contributed by atoms with van der Waals surface area (Å²) < 4.78 is 5.58. The Labute approximate surface area is 147 Å². The van der Waals surface area contributed by atoms with Gasteiger partial charge in [0.2, 0.25) is 0 Å². The van der Waals surface area contributed by atoms with Crippen LogP contribution >= 0.6 is 35.6 Å². The van der Waals surface area contributed by atoms with Gasteiger partial charge in [-0.05, 0) is 57.0 Å². The molecule has 1 amide bonds. The first-order valence-corrected chi connectivity index (χ1v) is 7.91. The van der Waals surface area contributed by atoms with Crippen molar-refractivity contribution in [1.29, 1.82) is 0 Å². The molecular formula is C15H21Cl3N2O2. The second kappa shape index (κ2) is 9.46. The van der Waals surface area contributed by atoms with E-state index in [-0.39, 0.29) is 18.3 Å². The monoisotopic (exact) mass is 366 g/mol. The molecule has 1 heterocycles. The number of benzene rings is 1. The van der Waals surface area contributed by atoms with Gasteiger partial charge in [0.25, 0.3) is 5.91 Å². The second-order valence-corrected chi connectivity index (χ2v) is 6.20. The molecule has 1 aromatic carbocycles. The number of halogens is 3. The third kappa shape index (κ3) is 6.21. The number of amides is 1. The standard InChI is InChI=1S/C15H20Cl2N2O2.ClH/c1-10(21-14-6-12(16)5-13(17)7-14)15(20)19-9-11-3-2-4-18-8-11;/h5-7,10-11,18H,2-4,8-9H2,1H3,(H,19,20);1H. The lowest BCUT2D eigenvalue weighted by atomic mass is 10.00. The SMILES string of the molecule is CC(Oc1cc(Cl)cc(Cl)c1)C(=O)NCC1CCCNC1.Cl. The van der Waals surface area contributed by atoms with E-state index < -0.39 is 6.10 Å². The highest BCUT2D eigenvalue weighted by Gasteiger charge is 2.18. The van der Waals surface area contributed by atoms with Gasteiger partial charge in [-0.25, -0.2) is 0 Å². The number of ether oxygens (including phenoxy) is 1. The van der Waals surface area contributed by atoms with Crippen LogP contribution in [0.1, 0.15) is 19.8 Å². The fraction of sp³-hybridized carbons (Fsp3) is 0.533. The molecule has 0 spiro atoms. The molecule has 0 bridgehead atoms. The number of hydrogen-bond donors (Lipinski definition) is 2. The molecule has 2 atom stereocenters. The zero-order valence-corrected chi connectivity index (χ0v) is 14.7. The van der Waals surface area contributed by atoms with Crippen LogP contribution in [0.15, 0.2) is 18.2 Å². The quantitative estimate of drug-likeness (QED) is 0.839. The zero-order chi connectivity index (χ0) is 15.2. The van der Waals surface area contributed by atoms with Crippen molar-refractivity contribution in [3.8, 4) is 5.75 Å². The third-order valence-electron chi connectivity index (χ3n) is 3.48. The lowest BCUT2D eigenvalue weighted by molar-refractivity contribution is -0.127. The molecule has 1 aromatic rings. The Morgan fingerprint density at radius 2 is 2.09 bits per heavy atom. The second-order valence-electron chi connectivity index (χ2n) is 5.32. The molecule has 2 unspecified atom stereocenters. The lowest BCUT2D eigenvalue weighted by Crippen LogP contribution is -2.42. The normalized spacial score (nSPS) is 19.0. The molecular weight excluding hydrogens is 347 g/mol. The number of piperidine rings is 1. The molecule has 1 fully saturated rings. The summed E-state index contributed by atoms with van der Waals surface area (Å²) in [5.74, 6) is 0.863. The Hall–Kier alpha value is -0.680. The third-order valence-corrected chi connectivity index (χ3v) is 3.92. The van der Waals surface area contributed by atoms with Crippen molar-refractivity contribution in [2.24, 2.45) is 5.92 Å². The van der Waals surface area contributed by atoms with Crippen LogP contribution in [0.5, 0.6) is 5.75 Å². The summed E-state index contributed by atoms with van der Waals surface area (Å²) in [5.41, 5.74) is 0. The molecule has 0 aromatic heterocycles. The summed E-state index contributed by atoms with van der Waals surface area (Å²) in [5, 5.41) is 7.23.